The standard InChI is InChI=1S/C53H55F2N11O5/c1-29-25-53(29,48-58-49(68)71-60-48)45-37(24-35-22-32(12-18-62(35)45)33-13-21-70-51(3,4)26-33)47(67)65-28-52(14-16-56-17-15-52)44-42(30(65)2)46(66(59-44)34-8-9-39(54)36(23-34)31-6-7-31)64-20-19-63(50(64)69)41-11-10-40-38(43(41)55)27-57-61(40)5/h8-12,18-20,22-24,27,29-31,33,56H,6-7,13-17,21,25-26,28H2,1-5H3,(H,58,60,68)/t29-,30-,33-,53+/m0/s1. The van der Waals surface area contributed by atoms with Crippen LogP contribution in [0.1, 0.15) is 135 Å². The Morgan fingerprint density at radius 2 is 1.70 bits per heavy atom. The van der Waals surface area contributed by atoms with E-state index in [-0.39, 0.29) is 46.2 Å². The van der Waals surface area contributed by atoms with Crippen LogP contribution in [0.3, 0.4) is 0 Å². The number of nitrogens with one attached hydrogen (secondary N) is 2. The minimum atomic E-state index is -0.829. The maximum absolute atomic E-state index is 16.4. The third kappa shape index (κ3) is 6.65. The lowest BCUT2D eigenvalue weighted by Crippen LogP contribution is -2.54. The predicted molar refractivity (Wildman–Crippen MR) is 259 cm³/mol. The van der Waals surface area contributed by atoms with Gasteiger partial charge in [0.25, 0.3) is 5.91 Å². The average Bonchev–Trinajstić information content (AvgIpc) is 3.91. The van der Waals surface area contributed by atoms with Gasteiger partial charge in [0.05, 0.1) is 56.8 Å². The summed E-state index contributed by atoms with van der Waals surface area (Å²) in [5, 5.41) is 17.7. The lowest BCUT2D eigenvalue weighted by Gasteiger charge is -2.47. The van der Waals surface area contributed by atoms with E-state index in [4.69, 9.17) is 14.4 Å². The summed E-state index contributed by atoms with van der Waals surface area (Å²) in [6.45, 7) is 10.6. The van der Waals surface area contributed by atoms with Gasteiger partial charge in [-0.25, -0.2) is 23.1 Å². The Balaban J connectivity index is 1.01. The number of amides is 1. The van der Waals surface area contributed by atoms with Crippen LogP contribution in [0, 0.1) is 17.6 Å². The van der Waals surface area contributed by atoms with E-state index in [1.54, 1.807) is 47.0 Å². The summed E-state index contributed by atoms with van der Waals surface area (Å²) in [7, 11) is 1.73. The number of piperidine rings is 1. The van der Waals surface area contributed by atoms with Gasteiger partial charge in [-0.3, -0.25) is 28.1 Å². The number of aryl methyl sites for hydroxylation is 1. The summed E-state index contributed by atoms with van der Waals surface area (Å²) in [4.78, 5) is 48.7. The van der Waals surface area contributed by atoms with Gasteiger partial charge in [-0.15, -0.1) is 0 Å². The van der Waals surface area contributed by atoms with Gasteiger partial charge in [0.15, 0.2) is 11.6 Å². The number of fused-ring (bicyclic) bond motifs is 4. The van der Waals surface area contributed by atoms with E-state index in [0.717, 1.165) is 48.2 Å². The number of hydrogen-bond donors (Lipinski definition) is 2. The number of pyridine rings is 1. The minimum Gasteiger partial charge on any atom is -0.376 e. The molecule has 4 atom stereocenters. The minimum absolute atomic E-state index is 0.00528. The number of hydrogen-bond acceptors (Lipinski definition) is 9. The predicted octanol–water partition coefficient (Wildman–Crippen LogP) is 7.62. The van der Waals surface area contributed by atoms with E-state index >= 15 is 18.4 Å². The highest BCUT2D eigenvalue weighted by Crippen LogP contribution is 2.59. The van der Waals surface area contributed by atoms with Crippen LogP contribution in [0.15, 0.2) is 87.4 Å². The van der Waals surface area contributed by atoms with Gasteiger partial charge in [-0.2, -0.15) is 10.2 Å². The molecular formula is C53H55F2N11O5. The molecule has 2 N–H and O–H groups in total. The van der Waals surface area contributed by atoms with Crippen LogP contribution >= 0.6 is 0 Å². The van der Waals surface area contributed by atoms with E-state index in [1.807, 2.05) is 30.2 Å². The normalized spacial score (nSPS) is 23.8. The van der Waals surface area contributed by atoms with Crippen molar-refractivity contribution in [3.8, 4) is 17.2 Å². The van der Waals surface area contributed by atoms with Gasteiger partial charge in [0.2, 0.25) is 0 Å². The maximum atomic E-state index is 16.4. The quantitative estimate of drug-likeness (QED) is 0.156. The molecule has 3 aliphatic heterocycles. The second-order valence-corrected chi connectivity index (χ2v) is 21.5. The summed E-state index contributed by atoms with van der Waals surface area (Å²) >= 11 is 0. The number of carbonyl (C=O) groups is 1. The van der Waals surface area contributed by atoms with Crippen LogP contribution in [0.5, 0.6) is 0 Å². The van der Waals surface area contributed by atoms with Crippen molar-refractivity contribution >= 4 is 22.3 Å². The van der Waals surface area contributed by atoms with Crippen molar-refractivity contribution in [1.29, 1.82) is 0 Å². The van der Waals surface area contributed by atoms with Crippen molar-refractivity contribution in [2.45, 2.75) is 107 Å². The fraction of sp³-hybridized carbons (Fsp3) is 0.434. The molecule has 1 spiro atoms. The smallest absolute Gasteiger partial charge is 0.376 e. The van der Waals surface area contributed by atoms with E-state index < -0.39 is 34.1 Å². The van der Waals surface area contributed by atoms with Crippen LogP contribution in [-0.4, -0.2) is 85.9 Å². The summed E-state index contributed by atoms with van der Waals surface area (Å²) in [5.74, 6) is -0.656. The molecule has 13 rings (SSSR count). The highest BCUT2D eigenvalue weighted by molar-refractivity contribution is 5.99. The number of aromatic amines is 1. The highest BCUT2D eigenvalue weighted by atomic mass is 19.1. The molecule has 4 fully saturated rings. The lowest BCUT2D eigenvalue weighted by atomic mass is 9.70. The number of ether oxygens (including phenoxy) is 1. The molecule has 0 bridgehead atoms. The first kappa shape index (κ1) is 44.1. The summed E-state index contributed by atoms with van der Waals surface area (Å²) in [5.41, 5.74) is 4.15. The van der Waals surface area contributed by atoms with Gasteiger partial charge in [-0.05, 0) is 156 Å². The molecule has 0 unspecified atom stereocenters. The first-order valence-electron chi connectivity index (χ1n) is 24.9. The Kier molecular flexibility index (Phi) is 9.64. The third-order valence-corrected chi connectivity index (χ3v) is 16.7. The molecule has 5 aliphatic rings. The summed E-state index contributed by atoms with van der Waals surface area (Å²) < 4.78 is 51.3. The van der Waals surface area contributed by atoms with Gasteiger partial charge in [-0.1, -0.05) is 12.1 Å². The van der Waals surface area contributed by atoms with Crippen LogP contribution in [0.25, 0.3) is 33.6 Å². The zero-order valence-corrected chi connectivity index (χ0v) is 40.3. The van der Waals surface area contributed by atoms with Crippen molar-refractivity contribution in [3.05, 3.63) is 145 Å². The van der Waals surface area contributed by atoms with Crippen molar-refractivity contribution < 1.29 is 22.8 Å². The molecule has 2 saturated heterocycles. The molecule has 9 heterocycles. The number of aromatic nitrogens is 9. The Bertz CT molecular complexity index is 3620. The van der Waals surface area contributed by atoms with E-state index in [9.17, 15) is 4.79 Å². The first-order valence-corrected chi connectivity index (χ1v) is 24.9. The molecule has 366 valence electrons. The summed E-state index contributed by atoms with van der Waals surface area (Å²) in [6.07, 6.45) is 12.0. The number of rotatable bonds is 8. The number of H-pyrrole nitrogens is 1. The Morgan fingerprint density at radius 3 is 2.44 bits per heavy atom. The molecular weight excluding hydrogens is 909 g/mol. The van der Waals surface area contributed by atoms with E-state index in [2.05, 4.69) is 57.9 Å². The molecule has 6 aromatic heterocycles. The highest BCUT2D eigenvalue weighted by Gasteiger charge is 2.60. The van der Waals surface area contributed by atoms with Crippen LogP contribution in [0.4, 0.5) is 8.78 Å². The molecule has 2 saturated carbocycles. The SMILES string of the molecule is C[C@H]1c2c(nn(-c3ccc(F)c(C4CC4)c3)c2-n2ccn(-c3ccc4c(cnn4C)c3F)c2=O)C2(CCNCC2)CN1C(=O)c1cc2cc([C@H]3CCOC(C)(C)C3)ccn2c1[C@@]1(c2noc(=O)[nH]2)C[C@@H]1C. The van der Waals surface area contributed by atoms with Crippen LogP contribution in [-0.2, 0) is 22.6 Å². The zero-order valence-electron chi connectivity index (χ0n) is 40.3. The zero-order chi connectivity index (χ0) is 48.9. The third-order valence-electron chi connectivity index (χ3n) is 16.7. The van der Waals surface area contributed by atoms with Gasteiger partial charge >= 0.3 is 11.4 Å². The Morgan fingerprint density at radius 1 is 0.915 bits per heavy atom. The molecule has 71 heavy (non-hydrogen) atoms. The maximum Gasteiger partial charge on any atom is 0.438 e. The topological polar surface area (TPSA) is 167 Å². The van der Waals surface area contributed by atoms with Gasteiger partial charge in [0.1, 0.15) is 11.6 Å². The van der Waals surface area contributed by atoms with E-state index in [0.29, 0.717) is 85.0 Å². The molecule has 0 radical (unpaired) electrons. The fourth-order valence-electron chi connectivity index (χ4n) is 12.7. The fourth-order valence-corrected chi connectivity index (χ4v) is 12.7. The molecule has 1 amide bonds. The molecule has 18 heteroatoms. The van der Waals surface area contributed by atoms with Gasteiger partial charge in [0, 0.05) is 61.0 Å². The lowest BCUT2D eigenvalue weighted by molar-refractivity contribution is -0.0593. The molecule has 8 aromatic rings. The summed E-state index contributed by atoms with van der Waals surface area (Å²) in [6, 6.07) is 13.9. The van der Waals surface area contributed by atoms with Crippen molar-refractivity contribution in [2.24, 2.45) is 13.0 Å². The Labute approximate surface area is 406 Å². The van der Waals surface area contributed by atoms with Crippen molar-refractivity contribution in [2.75, 3.05) is 26.2 Å². The van der Waals surface area contributed by atoms with Crippen LogP contribution < -0.4 is 16.8 Å². The average molecular weight is 964 g/mol. The Hall–Kier alpha value is -6.92. The number of benzene rings is 2. The number of nitrogens with zero attached hydrogens (tertiary/aromatic N) is 9. The monoisotopic (exact) mass is 963 g/mol. The molecule has 2 aromatic carbocycles. The number of halogens is 2. The number of imidazole rings is 1. The number of carbonyl (C=O) groups excluding carboxylic acids is 1. The second-order valence-electron chi connectivity index (χ2n) is 21.5. The largest absolute Gasteiger partial charge is 0.438 e. The van der Waals surface area contributed by atoms with Gasteiger partial charge < -0.3 is 19.4 Å². The molecule has 2 aliphatic carbocycles. The molecule has 16 nitrogen and oxygen atoms in total. The second kappa shape index (κ2) is 15.5. The van der Waals surface area contributed by atoms with E-state index in [1.165, 1.54) is 21.4 Å². The van der Waals surface area contributed by atoms with Crippen LogP contribution in [0.2, 0.25) is 0 Å². The first-order chi connectivity index (χ1) is 34.2. The van der Waals surface area contributed by atoms with Crippen molar-refractivity contribution in [3.63, 3.8) is 0 Å². The van der Waals surface area contributed by atoms with Crippen molar-refractivity contribution in [1.82, 2.24) is 53.5 Å².